The van der Waals surface area contributed by atoms with Gasteiger partial charge in [-0.2, -0.15) is 0 Å². The summed E-state index contributed by atoms with van der Waals surface area (Å²) in [5.41, 5.74) is 2.03. The summed E-state index contributed by atoms with van der Waals surface area (Å²) in [6, 6.07) is 5.20. The topological polar surface area (TPSA) is 70.0 Å². The van der Waals surface area contributed by atoms with Gasteiger partial charge in [-0.15, -0.1) is 35.3 Å². The Morgan fingerprint density at radius 2 is 2.14 bits per heavy atom. The lowest BCUT2D eigenvalue weighted by Crippen LogP contribution is -2.38. The van der Waals surface area contributed by atoms with Crippen molar-refractivity contribution in [1.29, 1.82) is 0 Å². The lowest BCUT2D eigenvalue weighted by atomic mass is 10.0. The average Bonchev–Trinajstić information content (AvgIpc) is 3.08. The average molecular weight is 516 g/mol. The highest BCUT2D eigenvalue weighted by atomic mass is 127. The summed E-state index contributed by atoms with van der Waals surface area (Å²) in [6.07, 6.45) is 4.80. The summed E-state index contributed by atoms with van der Waals surface area (Å²) in [5, 5.41) is 14.5. The van der Waals surface area contributed by atoms with E-state index >= 15 is 0 Å². The van der Waals surface area contributed by atoms with Gasteiger partial charge in [-0.05, 0) is 50.8 Å². The van der Waals surface area contributed by atoms with E-state index in [4.69, 9.17) is 14.7 Å². The standard InChI is InChI=1S/C20H28N4O2S.HI/c1-4-21-20(22-12-14-11-15(26-3)9-10-17(14)25)24(2)13-19-23-16-7-5-6-8-18(16)27-19;/h9-11,25H,4-8,12-13H2,1-3H3,(H,21,22);1H. The molecule has 0 saturated heterocycles. The molecule has 0 aliphatic heterocycles. The third-order valence-corrected chi connectivity index (χ3v) is 5.79. The van der Waals surface area contributed by atoms with Crippen molar-refractivity contribution in [2.45, 2.75) is 45.7 Å². The maximum atomic E-state index is 10.1. The largest absolute Gasteiger partial charge is 0.508 e. The second-order valence-corrected chi connectivity index (χ2v) is 7.87. The highest BCUT2D eigenvalue weighted by molar-refractivity contribution is 14.0. The number of hydrogen-bond acceptors (Lipinski definition) is 5. The molecular formula is C20H29IN4O2S. The minimum atomic E-state index is 0. The first-order valence-electron chi connectivity index (χ1n) is 9.43. The van der Waals surface area contributed by atoms with E-state index in [1.807, 2.05) is 24.5 Å². The van der Waals surface area contributed by atoms with E-state index in [1.54, 1.807) is 19.2 Å². The first-order valence-corrected chi connectivity index (χ1v) is 10.2. The highest BCUT2D eigenvalue weighted by Crippen LogP contribution is 2.27. The number of guanidine groups is 1. The van der Waals surface area contributed by atoms with Crippen molar-refractivity contribution in [2.75, 3.05) is 20.7 Å². The number of aliphatic imine (C=N–C) groups is 1. The molecule has 0 atom stereocenters. The van der Waals surface area contributed by atoms with Gasteiger partial charge in [-0.3, -0.25) is 0 Å². The normalized spacial score (nSPS) is 13.5. The first-order chi connectivity index (χ1) is 13.1. The third kappa shape index (κ3) is 5.73. The van der Waals surface area contributed by atoms with Crippen LogP contribution in [0.1, 0.15) is 40.9 Å². The molecule has 154 valence electrons. The van der Waals surface area contributed by atoms with Crippen LogP contribution in [0, 0.1) is 0 Å². The number of rotatable bonds is 6. The van der Waals surface area contributed by atoms with Gasteiger partial charge in [0.1, 0.15) is 16.5 Å². The van der Waals surface area contributed by atoms with E-state index in [-0.39, 0.29) is 29.7 Å². The Balaban J connectivity index is 0.00000280. The zero-order chi connectivity index (χ0) is 19.2. The van der Waals surface area contributed by atoms with Gasteiger partial charge in [-0.25, -0.2) is 9.98 Å². The molecule has 0 saturated carbocycles. The van der Waals surface area contributed by atoms with Gasteiger partial charge in [0.25, 0.3) is 0 Å². The van der Waals surface area contributed by atoms with E-state index < -0.39 is 0 Å². The number of methoxy groups -OCH3 is 1. The maximum Gasteiger partial charge on any atom is 0.194 e. The minimum absolute atomic E-state index is 0. The van der Waals surface area contributed by atoms with Gasteiger partial charge in [0.2, 0.25) is 0 Å². The summed E-state index contributed by atoms with van der Waals surface area (Å²) < 4.78 is 5.24. The molecule has 1 aromatic heterocycles. The number of aryl methyl sites for hydroxylation is 2. The molecule has 28 heavy (non-hydrogen) atoms. The monoisotopic (exact) mass is 516 g/mol. The molecule has 1 aromatic carbocycles. The van der Waals surface area contributed by atoms with E-state index in [2.05, 4.69) is 17.1 Å². The Morgan fingerprint density at radius 3 is 2.86 bits per heavy atom. The maximum absolute atomic E-state index is 10.1. The molecule has 0 fully saturated rings. The fourth-order valence-electron chi connectivity index (χ4n) is 3.20. The molecule has 0 bridgehead atoms. The molecule has 6 nitrogen and oxygen atoms in total. The zero-order valence-electron chi connectivity index (χ0n) is 16.7. The van der Waals surface area contributed by atoms with Crippen LogP contribution in [0.3, 0.4) is 0 Å². The number of ether oxygens (including phenoxy) is 1. The van der Waals surface area contributed by atoms with E-state index in [9.17, 15) is 5.11 Å². The van der Waals surface area contributed by atoms with Crippen molar-refractivity contribution in [2.24, 2.45) is 4.99 Å². The number of aromatic nitrogens is 1. The number of phenols is 1. The van der Waals surface area contributed by atoms with Crippen LogP contribution in [0.5, 0.6) is 11.5 Å². The molecule has 3 rings (SSSR count). The second-order valence-electron chi connectivity index (χ2n) is 6.71. The number of halogens is 1. The Morgan fingerprint density at radius 1 is 1.36 bits per heavy atom. The number of thiazole rings is 1. The summed E-state index contributed by atoms with van der Waals surface area (Å²) in [7, 11) is 3.64. The smallest absolute Gasteiger partial charge is 0.194 e. The molecule has 0 radical (unpaired) electrons. The lowest BCUT2D eigenvalue weighted by Gasteiger charge is -2.21. The molecule has 8 heteroatoms. The van der Waals surface area contributed by atoms with Crippen molar-refractivity contribution in [3.05, 3.63) is 39.3 Å². The summed E-state index contributed by atoms with van der Waals surface area (Å²) in [6.45, 7) is 3.94. The fraction of sp³-hybridized carbons (Fsp3) is 0.500. The Labute approximate surface area is 188 Å². The molecular weight excluding hydrogens is 487 g/mol. The van der Waals surface area contributed by atoms with Crippen LogP contribution in [-0.4, -0.2) is 41.7 Å². The highest BCUT2D eigenvalue weighted by Gasteiger charge is 2.17. The summed E-state index contributed by atoms with van der Waals surface area (Å²) in [4.78, 5) is 13.1. The Kier molecular flexibility index (Phi) is 8.81. The number of nitrogens with zero attached hydrogens (tertiary/aromatic N) is 3. The van der Waals surface area contributed by atoms with Crippen LogP contribution in [0.25, 0.3) is 0 Å². The van der Waals surface area contributed by atoms with Crippen LogP contribution >= 0.6 is 35.3 Å². The van der Waals surface area contributed by atoms with E-state index in [0.29, 0.717) is 12.3 Å². The molecule has 0 amide bonds. The van der Waals surface area contributed by atoms with Crippen molar-refractivity contribution < 1.29 is 9.84 Å². The molecule has 2 aromatic rings. The molecule has 1 heterocycles. The van der Waals surface area contributed by atoms with Gasteiger partial charge in [0.05, 0.1) is 25.9 Å². The van der Waals surface area contributed by atoms with Gasteiger partial charge in [0.15, 0.2) is 5.96 Å². The minimum Gasteiger partial charge on any atom is -0.508 e. The zero-order valence-corrected chi connectivity index (χ0v) is 19.8. The summed E-state index contributed by atoms with van der Waals surface area (Å²) in [5.74, 6) is 1.74. The van der Waals surface area contributed by atoms with Crippen LogP contribution in [0.15, 0.2) is 23.2 Å². The molecule has 0 spiro atoms. The van der Waals surface area contributed by atoms with Crippen molar-refractivity contribution in [3.8, 4) is 11.5 Å². The van der Waals surface area contributed by atoms with Gasteiger partial charge in [-0.1, -0.05) is 0 Å². The number of fused-ring (bicyclic) bond motifs is 1. The molecule has 0 unspecified atom stereocenters. The number of phenolic OH excluding ortho intramolecular Hbond substituents is 1. The predicted molar refractivity (Wildman–Crippen MR) is 125 cm³/mol. The number of hydrogen-bond donors (Lipinski definition) is 2. The molecule has 2 N–H and O–H groups in total. The SMILES string of the molecule is CCNC(=NCc1cc(OC)ccc1O)N(C)Cc1nc2c(s1)CCCC2.I. The lowest BCUT2D eigenvalue weighted by molar-refractivity contribution is 0.410. The van der Waals surface area contributed by atoms with Crippen LogP contribution < -0.4 is 10.1 Å². The second kappa shape index (κ2) is 10.8. The number of benzene rings is 1. The first kappa shape index (κ1) is 22.7. The van der Waals surface area contributed by atoms with Crippen LogP contribution in [0.4, 0.5) is 0 Å². The molecule has 1 aliphatic rings. The Bertz CT molecular complexity index is 786. The van der Waals surface area contributed by atoms with Gasteiger partial charge < -0.3 is 20.1 Å². The van der Waals surface area contributed by atoms with E-state index in [1.165, 1.54) is 29.8 Å². The fourth-order valence-corrected chi connectivity index (χ4v) is 4.41. The quantitative estimate of drug-likeness (QED) is 0.346. The van der Waals surface area contributed by atoms with Gasteiger partial charge in [0, 0.05) is 24.0 Å². The number of nitrogens with one attached hydrogen (secondary N) is 1. The predicted octanol–water partition coefficient (Wildman–Crippen LogP) is 3.95. The molecule has 1 aliphatic carbocycles. The van der Waals surface area contributed by atoms with Gasteiger partial charge >= 0.3 is 0 Å². The number of aromatic hydroxyl groups is 1. The van der Waals surface area contributed by atoms with Crippen LogP contribution in [0.2, 0.25) is 0 Å². The summed E-state index contributed by atoms with van der Waals surface area (Å²) >= 11 is 1.83. The third-order valence-electron chi connectivity index (χ3n) is 4.64. The Hall–Kier alpha value is -1.55. The van der Waals surface area contributed by atoms with Crippen molar-refractivity contribution in [3.63, 3.8) is 0 Å². The van der Waals surface area contributed by atoms with Crippen molar-refractivity contribution in [1.82, 2.24) is 15.2 Å². The van der Waals surface area contributed by atoms with Crippen molar-refractivity contribution >= 4 is 41.3 Å². The van der Waals surface area contributed by atoms with E-state index in [0.717, 1.165) is 36.0 Å². The van der Waals surface area contributed by atoms with Crippen LogP contribution in [-0.2, 0) is 25.9 Å².